The van der Waals surface area contributed by atoms with E-state index in [0.29, 0.717) is 24.3 Å². The molecule has 1 fully saturated rings. The van der Waals surface area contributed by atoms with Gasteiger partial charge in [-0.2, -0.15) is 8.78 Å². The van der Waals surface area contributed by atoms with E-state index < -0.39 is 12.3 Å². The van der Waals surface area contributed by atoms with Crippen LogP contribution in [-0.2, 0) is 6.54 Å². The molecule has 10 heteroatoms. The van der Waals surface area contributed by atoms with Gasteiger partial charge in [-0.1, -0.05) is 18.2 Å². The van der Waals surface area contributed by atoms with Gasteiger partial charge in [-0.05, 0) is 37.7 Å². The second-order valence-corrected chi connectivity index (χ2v) is 7.73. The van der Waals surface area contributed by atoms with Crippen molar-refractivity contribution in [1.82, 2.24) is 25.0 Å². The second kappa shape index (κ2) is 9.39. The lowest BCUT2D eigenvalue weighted by atomic mass is 10.1. The first-order valence-electron chi connectivity index (χ1n) is 10.3. The van der Waals surface area contributed by atoms with Crippen LogP contribution < -0.4 is 4.90 Å². The summed E-state index contributed by atoms with van der Waals surface area (Å²) in [6.07, 6.45) is -1.35. The van der Waals surface area contributed by atoms with E-state index in [-0.39, 0.29) is 18.5 Å². The number of amides is 2. The number of piperazine rings is 1. The van der Waals surface area contributed by atoms with Gasteiger partial charge in [0.2, 0.25) is 5.89 Å². The molecule has 3 aromatic rings. The molecule has 0 radical (unpaired) electrons. The Hall–Kier alpha value is -3.40. The van der Waals surface area contributed by atoms with Gasteiger partial charge in [-0.15, -0.1) is 10.2 Å². The summed E-state index contributed by atoms with van der Waals surface area (Å²) in [5.74, 6) is -0.754. The quantitative estimate of drug-likeness (QED) is 0.599. The number of rotatable bonds is 5. The Morgan fingerprint density at radius 3 is 2.50 bits per heavy atom. The summed E-state index contributed by atoms with van der Waals surface area (Å²) in [6.45, 7) is 5.20. The number of aryl methyl sites for hydroxylation is 1. The summed E-state index contributed by atoms with van der Waals surface area (Å²) in [4.78, 5) is 23.6. The smallest absolute Gasteiger partial charge is 0.324 e. The van der Waals surface area contributed by atoms with E-state index in [4.69, 9.17) is 4.42 Å². The number of halogens is 2. The molecule has 1 saturated heterocycles. The summed E-state index contributed by atoms with van der Waals surface area (Å²) >= 11 is 0. The topological polar surface area (TPSA) is 78.6 Å². The SMILES string of the molecule is Cc1ccccc1N(Cc1ccc(-c2nnc(C(F)F)o2)cn1)C(=O)N1CCN(C)CC1. The van der Waals surface area contributed by atoms with Crippen molar-refractivity contribution in [3.05, 3.63) is 59.7 Å². The van der Waals surface area contributed by atoms with Crippen molar-refractivity contribution in [1.29, 1.82) is 0 Å². The molecule has 8 nitrogen and oxygen atoms in total. The standard InChI is InChI=1S/C22H24F2N6O2/c1-15-5-3-4-6-18(15)30(22(31)29-11-9-28(2)10-12-29)14-17-8-7-16(13-25-17)20-26-27-21(32-20)19(23)24/h3-8,13,19H,9-12,14H2,1-2H3. The van der Waals surface area contributed by atoms with Gasteiger partial charge in [0.15, 0.2) is 0 Å². The summed E-state index contributed by atoms with van der Waals surface area (Å²) in [5.41, 5.74) is 2.88. The van der Waals surface area contributed by atoms with Crippen LogP contribution in [0.2, 0.25) is 0 Å². The van der Waals surface area contributed by atoms with E-state index in [9.17, 15) is 13.6 Å². The summed E-state index contributed by atoms with van der Waals surface area (Å²) in [6, 6.07) is 11.0. The summed E-state index contributed by atoms with van der Waals surface area (Å²) < 4.78 is 30.4. The van der Waals surface area contributed by atoms with E-state index >= 15 is 0 Å². The lowest BCUT2D eigenvalue weighted by molar-refractivity contribution is 0.116. The van der Waals surface area contributed by atoms with Crippen LogP contribution in [0, 0.1) is 6.92 Å². The lowest BCUT2D eigenvalue weighted by Gasteiger charge is -2.36. The number of hydrogen-bond acceptors (Lipinski definition) is 6. The van der Waals surface area contributed by atoms with Crippen LogP contribution in [0.4, 0.5) is 19.3 Å². The molecule has 1 aliphatic heterocycles. The summed E-state index contributed by atoms with van der Waals surface area (Å²) in [5, 5.41) is 6.98. The van der Waals surface area contributed by atoms with Gasteiger partial charge < -0.3 is 14.2 Å². The number of carbonyl (C=O) groups excluding carboxylic acids is 1. The van der Waals surface area contributed by atoms with Gasteiger partial charge in [-0.3, -0.25) is 9.88 Å². The molecule has 0 saturated carbocycles. The maximum atomic E-state index is 13.4. The third-order valence-corrected chi connectivity index (χ3v) is 5.43. The Morgan fingerprint density at radius 1 is 1.12 bits per heavy atom. The van der Waals surface area contributed by atoms with Crippen LogP contribution in [0.25, 0.3) is 11.5 Å². The maximum absolute atomic E-state index is 13.4. The molecular formula is C22H24F2N6O2. The van der Waals surface area contributed by atoms with Crippen molar-refractivity contribution in [3.8, 4) is 11.5 Å². The number of anilines is 1. The van der Waals surface area contributed by atoms with Gasteiger partial charge in [0.1, 0.15) is 0 Å². The first kappa shape index (κ1) is 21.8. The van der Waals surface area contributed by atoms with Gasteiger partial charge in [-0.25, -0.2) is 4.79 Å². The zero-order valence-electron chi connectivity index (χ0n) is 17.9. The molecule has 32 heavy (non-hydrogen) atoms. The zero-order valence-corrected chi connectivity index (χ0v) is 17.9. The molecule has 0 unspecified atom stereocenters. The Bertz CT molecular complexity index is 1060. The maximum Gasteiger partial charge on any atom is 0.324 e. The van der Waals surface area contributed by atoms with Crippen molar-refractivity contribution in [2.45, 2.75) is 19.9 Å². The highest BCUT2D eigenvalue weighted by Gasteiger charge is 2.26. The Labute approximate surface area is 184 Å². The fourth-order valence-electron chi connectivity index (χ4n) is 3.54. The highest BCUT2D eigenvalue weighted by molar-refractivity contribution is 5.92. The van der Waals surface area contributed by atoms with Gasteiger partial charge in [0, 0.05) is 38.1 Å². The Morgan fingerprint density at radius 2 is 1.88 bits per heavy atom. The van der Waals surface area contributed by atoms with E-state index in [0.717, 1.165) is 24.3 Å². The minimum absolute atomic E-state index is 0.0244. The van der Waals surface area contributed by atoms with Crippen LogP contribution in [0.1, 0.15) is 23.6 Å². The number of carbonyl (C=O) groups is 1. The van der Waals surface area contributed by atoms with Crippen molar-refractivity contribution < 1.29 is 18.0 Å². The van der Waals surface area contributed by atoms with Crippen LogP contribution in [0.3, 0.4) is 0 Å². The van der Waals surface area contributed by atoms with Crippen LogP contribution in [0.15, 0.2) is 47.0 Å². The van der Waals surface area contributed by atoms with Gasteiger partial charge in [0.05, 0.1) is 17.8 Å². The third-order valence-electron chi connectivity index (χ3n) is 5.43. The van der Waals surface area contributed by atoms with Crippen molar-refractivity contribution >= 4 is 11.7 Å². The highest BCUT2D eigenvalue weighted by Crippen LogP contribution is 2.25. The average Bonchev–Trinajstić information content (AvgIpc) is 3.29. The number of nitrogens with zero attached hydrogens (tertiary/aromatic N) is 6. The van der Waals surface area contributed by atoms with Gasteiger partial charge >= 0.3 is 12.5 Å². The number of hydrogen-bond donors (Lipinski definition) is 0. The van der Waals surface area contributed by atoms with E-state index in [1.54, 1.807) is 17.0 Å². The zero-order chi connectivity index (χ0) is 22.7. The molecule has 4 rings (SSSR count). The Kier molecular flexibility index (Phi) is 6.40. The van der Waals surface area contributed by atoms with Crippen molar-refractivity contribution in [2.24, 2.45) is 0 Å². The number of aromatic nitrogens is 3. The molecule has 0 bridgehead atoms. The molecular weight excluding hydrogens is 418 g/mol. The average molecular weight is 442 g/mol. The molecule has 3 heterocycles. The van der Waals surface area contributed by atoms with Crippen LogP contribution >= 0.6 is 0 Å². The fraction of sp³-hybridized carbons (Fsp3) is 0.364. The molecule has 1 aromatic carbocycles. The van der Waals surface area contributed by atoms with E-state index in [1.807, 2.05) is 43.1 Å². The predicted molar refractivity (Wildman–Crippen MR) is 114 cm³/mol. The van der Waals surface area contributed by atoms with E-state index in [1.165, 1.54) is 6.20 Å². The summed E-state index contributed by atoms with van der Waals surface area (Å²) in [7, 11) is 2.04. The number of alkyl halides is 2. The molecule has 2 amide bonds. The van der Waals surface area contributed by atoms with Crippen molar-refractivity contribution in [3.63, 3.8) is 0 Å². The monoisotopic (exact) mass is 442 g/mol. The number of urea groups is 1. The van der Waals surface area contributed by atoms with Crippen LogP contribution in [0.5, 0.6) is 0 Å². The molecule has 2 aromatic heterocycles. The number of benzene rings is 1. The molecule has 0 N–H and O–H groups in total. The second-order valence-electron chi connectivity index (χ2n) is 7.73. The number of pyridine rings is 1. The molecule has 0 aliphatic carbocycles. The first-order valence-corrected chi connectivity index (χ1v) is 10.3. The van der Waals surface area contributed by atoms with Crippen LogP contribution in [-0.4, -0.2) is 64.2 Å². The molecule has 0 atom stereocenters. The minimum Gasteiger partial charge on any atom is -0.415 e. The molecule has 1 aliphatic rings. The number of para-hydroxylation sites is 1. The molecule has 0 spiro atoms. The fourth-order valence-corrected chi connectivity index (χ4v) is 3.54. The van der Waals surface area contributed by atoms with Gasteiger partial charge in [0.25, 0.3) is 5.89 Å². The third kappa shape index (κ3) is 4.75. The number of likely N-dealkylation sites (N-methyl/N-ethyl adjacent to an activating group) is 1. The Balaban J connectivity index is 1.56. The first-order chi connectivity index (χ1) is 15.4. The van der Waals surface area contributed by atoms with Crippen molar-refractivity contribution in [2.75, 3.05) is 38.1 Å². The minimum atomic E-state index is -2.83. The normalized spacial score (nSPS) is 14.7. The predicted octanol–water partition coefficient (Wildman–Crippen LogP) is 3.75. The lowest BCUT2D eigenvalue weighted by Crippen LogP contribution is -2.52. The molecule has 168 valence electrons. The highest BCUT2D eigenvalue weighted by atomic mass is 19.3. The van der Waals surface area contributed by atoms with E-state index in [2.05, 4.69) is 20.1 Å². The largest absolute Gasteiger partial charge is 0.415 e.